The van der Waals surface area contributed by atoms with Gasteiger partial charge in [-0.15, -0.1) is 0 Å². The van der Waals surface area contributed by atoms with E-state index in [-0.39, 0.29) is 0 Å². The molecule has 1 saturated carbocycles. The van der Waals surface area contributed by atoms with Crippen LogP contribution >= 0.6 is 0 Å². The van der Waals surface area contributed by atoms with E-state index >= 15 is 0 Å². The quantitative estimate of drug-likeness (QED) is 0.626. The fourth-order valence-electron chi connectivity index (χ4n) is 2.92. The van der Waals surface area contributed by atoms with Crippen LogP contribution in [0.4, 0.5) is 0 Å². The van der Waals surface area contributed by atoms with Gasteiger partial charge in [-0.3, -0.25) is 0 Å². The number of nitrogens with zero attached hydrogens (tertiary/aromatic N) is 1. The molecule has 3 N–H and O–H groups in total. The molecule has 0 saturated heterocycles. The average molecular weight is 305 g/mol. The highest BCUT2D eigenvalue weighted by molar-refractivity contribution is 5.77. The molecule has 0 radical (unpaired) electrons. The number of ether oxygens (including phenoxy) is 2. The van der Waals surface area contributed by atoms with E-state index in [1.807, 2.05) is 18.2 Å². The van der Waals surface area contributed by atoms with Gasteiger partial charge in [-0.25, -0.2) is 4.99 Å². The zero-order chi connectivity index (χ0) is 16.0. The highest BCUT2D eigenvalue weighted by Crippen LogP contribution is 2.36. The molecule has 1 aliphatic carbocycles. The van der Waals surface area contributed by atoms with E-state index in [4.69, 9.17) is 15.2 Å². The Hall–Kier alpha value is -1.91. The van der Waals surface area contributed by atoms with Crippen molar-refractivity contribution in [2.45, 2.75) is 39.2 Å². The van der Waals surface area contributed by atoms with Crippen molar-refractivity contribution in [3.05, 3.63) is 23.8 Å². The maximum absolute atomic E-state index is 5.97. The first-order valence-corrected chi connectivity index (χ1v) is 7.81. The number of hydrogen-bond acceptors (Lipinski definition) is 3. The van der Waals surface area contributed by atoms with Crippen molar-refractivity contribution in [2.75, 3.05) is 20.8 Å². The number of aliphatic imine (C=N–C) groups is 1. The molecular weight excluding hydrogens is 278 g/mol. The van der Waals surface area contributed by atoms with Crippen LogP contribution in [0, 0.1) is 5.41 Å². The van der Waals surface area contributed by atoms with E-state index in [0.29, 0.717) is 23.7 Å². The third-order valence-corrected chi connectivity index (χ3v) is 4.39. The van der Waals surface area contributed by atoms with Crippen LogP contribution in [0.5, 0.6) is 11.5 Å². The van der Waals surface area contributed by atoms with Crippen molar-refractivity contribution in [1.29, 1.82) is 0 Å². The Labute approximate surface area is 132 Å². The second-order valence-corrected chi connectivity index (χ2v) is 6.26. The van der Waals surface area contributed by atoms with Crippen LogP contribution in [-0.2, 0) is 6.54 Å². The molecule has 5 heteroatoms. The van der Waals surface area contributed by atoms with Gasteiger partial charge in [0.05, 0.1) is 20.8 Å². The minimum absolute atomic E-state index is 0.365. The van der Waals surface area contributed by atoms with E-state index in [2.05, 4.69) is 17.2 Å². The summed E-state index contributed by atoms with van der Waals surface area (Å²) < 4.78 is 10.5. The van der Waals surface area contributed by atoms with E-state index in [1.54, 1.807) is 14.2 Å². The van der Waals surface area contributed by atoms with Crippen LogP contribution in [0.25, 0.3) is 0 Å². The zero-order valence-corrected chi connectivity index (χ0v) is 13.8. The molecule has 122 valence electrons. The van der Waals surface area contributed by atoms with Crippen LogP contribution in [-0.4, -0.2) is 26.7 Å². The summed E-state index contributed by atoms with van der Waals surface area (Å²) in [6.07, 6.45) is 5.17. The Morgan fingerprint density at radius 1 is 1.23 bits per heavy atom. The van der Waals surface area contributed by atoms with Gasteiger partial charge in [0, 0.05) is 6.54 Å². The summed E-state index contributed by atoms with van der Waals surface area (Å²) in [5, 5.41) is 3.26. The number of methoxy groups -OCH3 is 2. The molecule has 22 heavy (non-hydrogen) atoms. The number of guanidine groups is 1. The highest BCUT2D eigenvalue weighted by atomic mass is 16.5. The fraction of sp³-hybridized carbons (Fsp3) is 0.588. The normalized spacial score (nSPS) is 17.3. The van der Waals surface area contributed by atoms with Gasteiger partial charge < -0.3 is 20.5 Å². The van der Waals surface area contributed by atoms with Gasteiger partial charge >= 0.3 is 0 Å². The van der Waals surface area contributed by atoms with Crippen LogP contribution in [0.2, 0.25) is 0 Å². The fourth-order valence-corrected chi connectivity index (χ4v) is 2.92. The molecule has 1 aliphatic rings. The summed E-state index contributed by atoms with van der Waals surface area (Å²) in [6, 6.07) is 5.77. The molecule has 0 bridgehead atoms. The molecular formula is C17H27N3O2. The van der Waals surface area contributed by atoms with Gasteiger partial charge in [0.25, 0.3) is 0 Å². The molecule has 0 unspecified atom stereocenters. The summed E-state index contributed by atoms with van der Waals surface area (Å²) in [6.45, 7) is 3.73. The number of benzene rings is 1. The second-order valence-electron chi connectivity index (χ2n) is 6.26. The number of rotatable bonds is 6. The van der Waals surface area contributed by atoms with Gasteiger partial charge in [-0.05, 0) is 36.0 Å². The summed E-state index contributed by atoms with van der Waals surface area (Å²) >= 11 is 0. The Kier molecular flexibility index (Phi) is 5.52. The predicted octanol–water partition coefficient (Wildman–Crippen LogP) is 2.69. The van der Waals surface area contributed by atoms with Crippen LogP contribution in [0.1, 0.15) is 38.2 Å². The van der Waals surface area contributed by atoms with E-state index < -0.39 is 0 Å². The first kappa shape index (κ1) is 16.5. The smallest absolute Gasteiger partial charge is 0.188 e. The van der Waals surface area contributed by atoms with E-state index in [1.165, 1.54) is 25.7 Å². The maximum atomic E-state index is 5.97. The lowest BCUT2D eigenvalue weighted by Gasteiger charge is -2.23. The Morgan fingerprint density at radius 2 is 1.91 bits per heavy atom. The number of nitrogens with two attached hydrogens (primary N) is 1. The van der Waals surface area contributed by atoms with Crippen molar-refractivity contribution < 1.29 is 9.47 Å². The van der Waals surface area contributed by atoms with Crippen LogP contribution in [0.15, 0.2) is 23.2 Å². The molecule has 5 nitrogen and oxygen atoms in total. The van der Waals surface area contributed by atoms with Crippen molar-refractivity contribution in [2.24, 2.45) is 16.1 Å². The predicted molar refractivity (Wildman–Crippen MR) is 89.5 cm³/mol. The molecule has 0 atom stereocenters. The van der Waals surface area contributed by atoms with Crippen LogP contribution in [0.3, 0.4) is 0 Å². The standard InChI is InChI=1S/C17H27N3O2/c1-17(8-4-5-9-17)12-20-16(18)19-11-13-6-7-14(21-2)15(10-13)22-3/h6-7,10H,4-5,8-9,11-12H2,1-3H3,(H3,18,19,20). The van der Waals surface area contributed by atoms with Gasteiger partial charge in [-0.2, -0.15) is 0 Å². The van der Waals surface area contributed by atoms with Gasteiger partial charge in [-0.1, -0.05) is 25.8 Å². The molecule has 0 aromatic heterocycles. The SMILES string of the molecule is COc1ccc(CN=C(N)NCC2(C)CCCC2)cc1OC. The first-order valence-electron chi connectivity index (χ1n) is 7.81. The van der Waals surface area contributed by atoms with Crippen molar-refractivity contribution >= 4 is 5.96 Å². The minimum atomic E-state index is 0.365. The third-order valence-electron chi connectivity index (χ3n) is 4.39. The molecule has 1 aromatic rings. The van der Waals surface area contributed by atoms with E-state index in [9.17, 15) is 0 Å². The van der Waals surface area contributed by atoms with Gasteiger partial charge in [0.2, 0.25) is 0 Å². The van der Waals surface area contributed by atoms with Crippen molar-refractivity contribution in [3.63, 3.8) is 0 Å². The second kappa shape index (κ2) is 7.38. The van der Waals surface area contributed by atoms with Crippen LogP contribution < -0.4 is 20.5 Å². The molecule has 1 aromatic carbocycles. The van der Waals surface area contributed by atoms with E-state index in [0.717, 1.165) is 17.9 Å². The average Bonchev–Trinajstić information content (AvgIpc) is 2.97. The maximum Gasteiger partial charge on any atom is 0.188 e. The molecule has 0 aliphatic heterocycles. The zero-order valence-electron chi connectivity index (χ0n) is 13.8. The van der Waals surface area contributed by atoms with Gasteiger partial charge in [0.15, 0.2) is 17.5 Å². The Morgan fingerprint density at radius 3 is 2.55 bits per heavy atom. The minimum Gasteiger partial charge on any atom is -0.493 e. The molecule has 0 spiro atoms. The summed E-state index contributed by atoms with van der Waals surface area (Å²) in [4.78, 5) is 4.40. The summed E-state index contributed by atoms with van der Waals surface area (Å²) in [5.41, 5.74) is 7.37. The lowest BCUT2D eigenvalue weighted by atomic mass is 9.89. The molecule has 0 amide bonds. The van der Waals surface area contributed by atoms with Crippen molar-refractivity contribution in [3.8, 4) is 11.5 Å². The lowest BCUT2D eigenvalue weighted by molar-refractivity contribution is 0.335. The number of nitrogens with one attached hydrogen (secondary N) is 1. The van der Waals surface area contributed by atoms with Crippen molar-refractivity contribution in [1.82, 2.24) is 5.32 Å². The molecule has 2 rings (SSSR count). The first-order chi connectivity index (χ1) is 10.6. The Balaban J connectivity index is 1.90. The summed E-state index contributed by atoms with van der Waals surface area (Å²) in [7, 11) is 3.25. The monoisotopic (exact) mass is 305 g/mol. The highest BCUT2D eigenvalue weighted by Gasteiger charge is 2.28. The summed E-state index contributed by atoms with van der Waals surface area (Å²) in [5.74, 6) is 1.93. The lowest BCUT2D eigenvalue weighted by Crippen LogP contribution is -2.38. The largest absolute Gasteiger partial charge is 0.493 e. The molecule has 1 fully saturated rings. The third kappa shape index (κ3) is 4.29. The molecule has 0 heterocycles. The van der Waals surface area contributed by atoms with Gasteiger partial charge in [0.1, 0.15) is 0 Å². The topological polar surface area (TPSA) is 68.9 Å². The Bertz CT molecular complexity index is 523. The number of hydrogen-bond donors (Lipinski definition) is 2.